The van der Waals surface area contributed by atoms with E-state index in [0.717, 1.165) is 12.5 Å². The molecule has 0 amide bonds. The average molecular weight is 276 g/mol. The second kappa shape index (κ2) is 4.23. The fraction of sp³-hybridized carbons (Fsp3) is 0.300. The summed E-state index contributed by atoms with van der Waals surface area (Å²) in [5.74, 6) is -0.490. The standard InChI is InChI=1S/C10H12O5S2/c1-7(11)8-5-4-6-9(16(2,12)13)10(8)17(3,14)15/h4-6H,1-3H3. The van der Waals surface area contributed by atoms with Crippen LogP contribution in [0.25, 0.3) is 0 Å². The number of sulfone groups is 2. The molecule has 17 heavy (non-hydrogen) atoms. The van der Waals surface area contributed by atoms with Crippen LogP contribution in [0, 0.1) is 0 Å². The molecule has 1 aromatic carbocycles. The number of benzene rings is 1. The molecule has 0 saturated carbocycles. The van der Waals surface area contributed by atoms with E-state index in [-0.39, 0.29) is 10.5 Å². The molecule has 5 nitrogen and oxygen atoms in total. The van der Waals surface area contributed by atoms with Crippen molar-refractivity contribution in [2.24, 2.45) is 0 Å². The van der Waals surface area contributed by atoms with Crippen LogP contribution in [0.15, 0.2) is 28.0 Å². The fourth-order valence-electron chi connectivity index (χ4n) is 1.47. The Bertz CT molecular complexity index is 669. The Morgan fingerprint density at radius 2 is 1.53 bits per heavy atom. The Morgan fingerprint density at radius 1 is 1.00 bits per heavy atom. The Labute approximate surface area is 100 Å². The second-order valence-corrected chi connectivity index (χ2v) is 7.67. The fourth-order valence-corrected chi connectivity index (χ4v) is 4.19. The average Bonchev–Trinajstić information content (AvgIpc) is 2.13. The summed E-state index contributed by atoms with van der Waals surface area (Å²) < 4.78 is 46.2. The van der Waals surface area contributed by atoms with Gasteiger partial charge >= 0.3 is 0 Å². The van der Waals surface area contributed by atoms with Gasteiger partial charge in [0.2, 0.25) is 0 Å². The topological polar surface area (TPSA) is 85.3 Å². The predicted molar refractivity (Wildman–Crippen MR) is 62.7 cm³/mol. The highest BCUT2D eigenvalue weighted by Gasteiger charge is 2.25. The summed E-state index contributed by atoms with van der Waals surface area (Å²) in [6.07, 6.45) is 1.78. The smallest absolute Gasteiger partial charge is 0.177 e. The SMILES string of the molecule is CC(=O)c1cccc(S(C)(=O)=O)c1S(C)(=O)=O. The van der Waals surface area contributed by atoms with E-state index in [0.29, 0.717) is 0 Å². The number of hydrogen-bond donors (Lipinski definition) is 0. The zero-order valence-electron chi connectivity index (χ0n) is 9.59. The van der Waals surface area contributed by atoms with Crippen LogP contribution < -0.4 is 0 Å². The van der Waals surface area contributed by atoms with E-state index < -0.39 is 30.4 Å². The van der Waals surface area contributed by atoms with Crippen LogP contribution in [0.5, 0.6) is 0 Å². The Hall–Kier alpha value is -1.21. The monoisotopic (exact) mass is 276 g/mol. The first-order valence-corrected chi connectivity index (χ1v) is 8.37. The molecule has 0 aliphatic carbocycles. The van der Waals surface area contributed by atoms with E-state index in [1.54, 1.807) is 0 Å². The van der Waals surface area contributed by atoms with Crippen molar-refractivity contribution < 1.29 is 21.6 Å². The third-order valence-electron chi connectivity index (χ3n) is 2.13. The molecular weight excluding hydrogens is 264 g/mol. The molecule has 94 valence electrons. The van der Waals surface area contributed by atoms with Crippen LogP contribution >= 0.6 is 0 Å². The van der Waals surface area contributed by atoms with E-state index in [1.807, 2.05) is 0 Å². The van der Waals surface area contributed by atoms with E-state index in [4.69, 9.17) is 0 Å². The van der Waals surface area contributed by atoms with Crippen LogP contribution in [0.1, 0.15) is 17.3 Å². The number of ketones is 1. The van der Waals surface area contributed by atoms with Gasteiger partial charge in [-0.25, -0.2) is 16.8 Å². The van der Waals surface area contributed by atoms with Crippen LogP contribution in [-0.2, 0) is 19.7 Å². The molecule has 0 radical (unpaired) electrons. The quantitative estimate of drug-likeness (QED) is 0.758. The van der Waals surface area contributed by atoms with E-state index in [1.165, 1.54) is 25.1 Å². The van der Waals surface area contributed by atoms with Gasteiger partial charge in [-0.05, 0) is 13.0 Å². The van der Waals surface area contributed by atoms with E-state index in [9.17, 15) is 21.6 Å². The lowest BCUT2D eigenvalue weighted by molar-refractivity contribution is 0.101. The van der Waals surface area contributed by atoms with Gasteiger partial charge in [0.1, 0.15) is 0 Å². The van der Waals surface area contributed by atoms with Crippen LogP contribution in [-0.4, -0.2) is 35.1 Å². The summed E-state index contributed by atoms with van der Waals surface area (Å²) in [4.78, 5) is 10.6. The summed E-state index contributed by atoms with van der Waals surface area (Å²) in [5.41, 5.74) is -0.101. The summed E-state index contributed by atoms with van der Waals surface area (Å²) >= 11 is 0. The summed E-state index contributed by atoms with van der Waals surface area (Å²) in [6, 6.07) is 3.83. The third kappa shape index (κ3) is 2.92. The van der Waals surface area contributed by atoms with Crippen molar-refractivity contribution in [1.29, 1.82) is 0 Å². The maximum absolute atomic E-state index is 11.6. The first-order chi connectivity index (χ1) is 7.55. The molecule has 7 heteroatoms. The minimum Gasteiger partial charge on any atom is -0.294 e. The molecule has 0 fully saturated rings. The van der Waals surface area contributed by atoms with Crippen molar-refractivity contribution in [2.45, 2.75) is 16.7 Å². The second-order valence-electron chi connectivity index (χ2n) is 3.73. The lowest BCUT2D eigenvalue weighted by Crippen LogP contribution is -2.12. The minimum absolute atomic E-state index is 0.101. The van der Waals surface area contributed by atoms with Gasteiger partial charge in [-0.15, -0.1) is 0 Å². The number of carbonyl (C=O) groups excluding carboxylic acids is 1. The summed E-state index contributed by atoms with van der Waals surface area (Å²) in [5, 5.41) is 0. The van der Waals surface area contributed by atoms with E-state index in [2.05, 4.69) is 0 Å². The number of Topliss-reactive ketones (excluding diaryl/α,β-unsaturated/α-hetero) is 1. The number of carbonyl (C=O) groups is 1. The predicted octanol–water partition coefficient (Wildman–Crippen LogP) is 0.696. The molecule has 0 unspecified atom stereocenters. The van der Waals surface area contributed by atoms with Crippen molar-refractivity contribution in [1.82, 2.24) is 0 Å². The van der Waals surface area contributed by atoms with Crippen molar-refractivity contribution in [3.8, 4) is 0 Å². The molecular formula is C10H12O5S2. The molecule has 0 aromatic heterocycles. The maximum Gasteiger partial charge on any atom is 0.177 e. The highest BCUT2D eigenvalue weighted by molar-refractivity contribution is 7.93. The lowest BCUT2D eigenvalue weighted by atomic mass is 10.1. The highest BCUT2D eigenvalue weighted by atomic mass is 32.2. The van der Waals surface area contributed by atoms with Gasteiger partial charge in [0.05, 0.1) is 9.79 Å². The Morgan fingerprint density at radius 3 is 1.88 bits per heavy atom. The molecule has 0 atom stereocenters. The van der Waals surface area contributed by atoms with Crippen LogP contribution in [0.2, 0.25) is 0 Å². The van der Waals surface area contributed by atoms with Gasteiger partial charge in [-0.1, -0.05) is 12.1 Å². The Balaban J connectivity index is 3.90. The highest BCUT2D eigenvalue weighted by Crippen LogP contribution is 2.25. The Kier molecular flexibility index (Phi) is 3.45. The third-order valence-corrected chi connectivity index (χ3v) is 4.58. The molecule has 0 N–H and O–H groups in total. The lowest BCUT2D eigenvalue weighted by Gasteiger charge is -2.09. The first kappa shape index (κ1) is 13.9. The summed E-state index contributed by atoms with van der Waals surface area (Å²) in [7, 11) is -7.50. The van der Waals surface area contributed by atoms with Gasteiger partial charge in [0.15, 0.2) is 25.5 Å². The molecule has 0 bridgehead atoms. The van der Waals surface area contributed by atoms with Crippen molar-refractivity contribution in [3.05, 3.63) is 23.8 Å². The van der Waals surface area contributed by atoms with Crippen molar-refractivity contribution in [3.63, 3.8) is 0 Å². The van der Waals surface area contributed by atoms with Crippen LogP contribution in [0.4, 0.5) is 0 Å². The zero-order valence-corrected chi connectivity index (χ0v) is 11.2. The van der Waals surface area contributed by atoms with Gasteiger partial charge in [-0.2, -0.15) is 0 Å². The minimum atomic E-state index is -3.79. The molecule has 0 aliphatic heterocycles. The number of rotatable bonds is 3. The van der Waals surface area contributed by atoms with Crippen molar-refractivity contribution in [2.75, 3.05) is 12.5 Å². The van der Waals surface area contributed by atoms with E-state index >= 15 is 0 Å². The maximum atomic E-state index is 11.6. The van der Waals surface area contributed by atoms with Gasteiger partial charge in [0, 0.05) is 18.1 Å². The number of hydrogen-bond acceptors (Lipinski definition) is 5. The molecule has 1 aromatic rings. The largest absolute Gasteiger partial charge is 0.294 e. The van der Waals surface area contributed by atoms with Gasteiger partial charge in [0.25, 0.3) is 0 Å². The van der Waals surface area contributed by atoms with Crippen LogP contribution in [0.3, 0.4) is 0 Å². The first-order valence-electron chi connectivity index (χ1n) is 4.59. The normalized spacial score (nSPS) is 12.4. The molecule has 1 rings (SSSR count). The van der Waals surface area contributed by atoms with Gasteiger partial charge in [-0.3, -0.25) is 4.79 Å². The summed E-state index contributed by atoms with van der Waals surface area (Å²) in [6.45, 7) is 1.19. The molecule has 0 saturated heterocycles. The molecule has 0 heterocycles. The van der Waals surface area contributed by atoms with Crippen molar-refractivity contribution >= 4 is 25.5 Å². The molecule has 0 spiro atoms. The van der Waals surface area contributed by atoms with Gasteiger partial charge < -0.3 is 0 Å². The molecule has 0 aliphatic rings. The zero-order chi connectivity index (χ0) is 13.4.